The lowest BCUT2D eigenvalue weighted by Gasteiger charge is -2.24. The molecule has 1 aliphatic carbocycles. The van der Waals surface area contributed by atoms with E-state index in [0.717, 1.165) is 37.8 Å². The van der Waals surface area contributed by atoms with Gasteiger partial charge in [-0.2, -0.15) is 0 Å². The molecule has 0 bridgehead atoms. The van der Waals surface area contributed by atoms with Crippen LogP contribution in [-0.2, 0) is 4.79 Å². The van der Waals surface area contributed by atoms with Gasteiger partial charge in [0.25, 0.3) is 0 Å². The summed E-state index contributed by atoms with van der Waals surface area (Å²) >= 11 is 0. The van der Waals surface area contributed by atoms with Gasteiger partial charge in [-0.1, -0.05) is 17.7 Å². The summed E-state index contributed by atoms with van der Waals surface area (Å²) in [5.41, 5.74) is 3.54. The number of nitrogens with zero attached hydrogens (tertiary/aromatic N) is 1. The lowest BCUT2D eigenvalue weighted by molar-refractivity contribution is -0.105. The minimum absolute atomic E-state index is 0.837. The molecule has 0 saturated carbocycles. The third-order valence-electron chi connectivity index (χ3n) is 2.82. The molecule has 0 aromatic heterocycles. The minimum atomic E-state index is 0.837. The maximum Gasteiger partial charge on any atom is 0.166 e. The highest BCUT2D eigenvalue weighted by atomic mass is 16.1. The molecule has 0 spiro atoms. The predicted molar refractivity (Wildman–Crippen MR) is 56.5 cm³/mol. The summed E-state index contributed by atoms with van der Waals surface area (Å²) in [5.74, 6) is 0. The second-order valence-corrected chi connectivity index (χ2v) is 3.86. The van der Waals surface area contributed by atoms with Crippen LogP contribution >= 0.6 is 0 Å². The van der Waals surface area contributed by atoms with Gasteiger partial charge in [0.05, 0.1) is 5.70 Å². The molecular weight excluding hydrogens is 174 g/mol. The van der Waals surface area contributed by atoms with Crippen LogP contribution in [0.3, 0.4) is 0 Å². The number of allylic oxidation sites excluding steroid dienone is 5. The van der Waals surface area contributed by atoms with Crippen LogP contribution in [-0.4, -0.2) is 17.7 Å². The van der Waals surface area contributed by atoms with Crippen LogP contribution in [0.25, 0.3) is 0 Å². The van der Waals surface area contributed by atoms with Crippen molar-refractivity contribution in [3.8, 4) is 0 Å². The SMILES string of the molecule is CC1=CC=C(N2CCC=C2C=O)CC1. The second kappa shape index (κ2) is 3.82. The van der Waals surface area contributed by atoms with Crippen LogP contribution in [0.15, 0.2) is 35.2 Å². The van der Waals surface area contributed by atoms with Gasteiger partial charge < -0.3 is 4.90 Å². The monoisotopic (exact) mass is 189 g/mol. The predicted octanol–water partition coefficient (Wildman–Crippen LogP) is 2.40. The smallest absolute Gasteiger partial charge is 0.166 e. The molecule has 2 rings (SSSR count). The van der Waals surface area contributed by atoms with Gasteiger partial charge in [-0.25, -0.2) is 0 Å². The Bertz CT molecular complexity index is 336. The Hall–Kier alpha value is -1.31. The van der Waals surface area contributed by atoms with Crippen molar-refractivity contribution in [1.29, 1.82) is 0 Å². The van der Waals surface area contributed by atoms with E-state index in [0.29, 0.717) is 0 Å². The molecule has 0 amide bonds. The Kier molecular flexibility index (Phi) is 2.53. The van der Waals surface area contributed by atoms with Gasteiger partial charge >= 0.3 is 0 Å². The lowest BCUT2D eigenvalue weighted by Crippen LogP contribution is -2.20. The molecule has 2 heteroatoms. The molecule has 0 atom stereocenters. The van der Waals surface area contributed by atoms with Gasteiger partial charge in [-0.3, -0.25) is 4.79 Å². The first-order valence-electron chi connectivity index (χ1n) is 5.10. The van der Waals surface area contributed by atoms with E-state index in [1.54, 1.807) is 0 Å². The summed E-state index contributed by atoms with van der Waals surface area (Å²) in [6.45, 7) is 3.11. The topological polar surface area (TPSA) is 20.3 Å². The zero-order valence-corrected chi connectivity index (χ0v) is 8.49. The van der Waals surface area contributed by atoms with Crippen molar-refractivity contribution in [2.45, 2.75) is 26.2 Å². The molecule has 0 N–H and O–H groups in total. The summed E-state index contributed by atoms with van der Waals surface area (Å²) in [5, 5.41) is 0. The Morgan fingerprint density at radius 1 is 1.36 bits per heavy atom. The van der Waals surface area contributed by atoms with Crippen LogP contribution in [0.1, 0.15) is 26.2 Å². The highest BCUT2D eigenvalue weighted by Crippen LogP contribution is 2.26. The van der Waals surface area contributed by atoms with E-state index in [4.69, 9.17) is 0 Å². The summed E-state index contributed by atoms with van der Waals surface area (Å²) in [7, 11) is 0. The fourth-order valence-corrected chi connectivity index (χ4v) is 1.96. The molecule has 0 fully saturated rings. The van der Waals surface area contributed by atoms with Crippen molar-refractivity contribution in [3.05, 3.63) is 35.2 Å². The summed E-state index contributed by atoms with van der Waals surface area (Å²) in [6, 6.07) is 0. The van der Waals surface area contributed by atoms with E-state index in [1.807, 2.05) is 6.08 Å². The fraction of sp³-hybridized carbons (Fsp3) is 0.417. The average Bonchev–Trinajstić information content (AvgIpc) is 2.67. The van der Waals surface area contributed by atoms with Crippen LogP contribution < -0.4 is 0 Å². The Balaban J connectivity index is 2.16. The standard InChI is InChI=1S/C12H15NO/c1-10-4-6-11(7-5-10)13-8-2-3-12(13)9-14/h3-4,6,9H,2,5,7-8H2,1H3. The maximum atomic E-state index is 10.8. The van der Waals surface area contributed by atoms with E-state index in [9.17, 15) is 4.79 Å². The van der Waals surface area contributed by atoms with Gasteiger partial charge in [0, 0.05) is 12.2 Å². The Morgan fingerprint density at radius 2 is 2.21 bits per heavy atom. The number of carbonyl (C=O) groups excluding carboxylic acids is 1. The third-order valence-corrected chi connectivity index (χ3v) is 2.82. The van der Waals surface area contributed by atoms with Crippen LogP contribution in [0.2, 0.25) is 0 Å². The first-order chi connectivity index (χ1) is 6.81. The van der Waals surface area contributed by atoms with Gasteiger partial charge in [0.2, 0.25) is 0 Å². The Labute approximate surface area is 84.6 Å². The molecule has 0 radical (unpaired) electrons. The Morgan fingerprint density at radius 3 is 2.86 bits per heavy atom. The molecule has 2 nitrogen and oxygen atoms in total. The first kappa shape index (κ1) is 9.25. The largest absolute Gasteiger partial charge is 0.342 e. The quantitative estimate of drug-likeness (QED) is 0.622. The van der Waals surface area contributed by atoms with E-state index >= 15 is 0 Å². The van der Waals surface area contributed by atoms with Crippen LogP contribution in [0, 0.1) is 0 Å². The number of hydrogen-bond acceptors (Lipinski definition) is 2. The van der Waals surface area contributed by atoms with Crippen molar-refractivity contribution in [1.82, 2.24) is 4.90 Å². The molecule has 0 aromatic rings. The zero-order chi connectivity index (χ0) is 9.97. The van der Waals surface area contributed by atoms with Crippen molar-refractivity contribution in [2.75, 3.05) is 6.54 Å². The second-order valence-electron chi connectivity index (χ2n) is 3.86. The lowest BCUT2D eigenvalue weighted by atomic mass is 10.0. The minimum Gasteiger partial charge on any atom is -0.342 e. The highest BCUT2D eigenvalue weighted by molar-refractivity contribution is 5.73. The van der Waals surface area contributed by atoms with Crippen molar-refractivity contribution in [3.63, 3.8) is 0 Å². The number of hydrogen-bond donors (Lipinski definition) is 0. The number of aldehydes is 1. The van der Waals surface area contributed by atoms with Gasteiger partial charge in [0.15, 0.2) is 6.29 Å². The van der Waals surface area contributed by atoms with Crippen LogP contribution in [0.4, 0.5) is 0 Å². The first-order valence-corrected chi connectivity index (χ1v) is 5.10. The summed E-state index contributed by atoms with van der Waals surface area (Å²) in [6.07, 6.45) is 10.4. The molecule has 1 aliphatic heterocycles. The molecular formula is C12H15NO. The molecule has 74 valence electrons. The molecule has 14 heavy (non-hydrogen) atoms. The molecule has 0 unspecified atom stereocenters. The fourth-order valence-electron chi connectivity index (χ4n) is 1.96. The van der Waals surface area contributed by atoms with E-state index in [1.165, 1.54) is 11.3 Å². The van der Waals surface area contributed by atoms with Crippen molar-refractivity contribution in [2.24, 2.45) is 0 Å². The van der Waals surface area contributed by atoms with Gasteiger partial charge in [-0.15, -0.1) is 0 Å². The van der Waals surface area contributed by atoms with E-state index in [2.05, 4.69) is 24.0 Å². The van der Waals surface area contributed by atoms with E-state index < -0.39 is 0 Å². The van der Waals surface area contributed by atoms with Gasteiger partial charge in [0.1, 0.15) is 0 Å². The van der Waals surface area contributed by atoms with Crippen LogP contribution in [0.5, 0.6) is 0 Å². The normalized spacial score (nSPS) is 21.5. The maximum absolute atomic E-state index is 10.8. The van der Waals surface area contributed by atoms with E-state index in [-0.39, 0.29) is 0 Å². The van der Waals surface area contributed by atoms with Crippen molar-refractivity contribution >= 4 is 6.29 Å². The zero-order valence-electron chi connectivity index (χ0n) is 8.49. The van der Waals surface area contributed by atoms with Gasteiger partial charge in [-0.05, 0) is 32.3 Å². The molecule has 0 aromatic carbocycles. The average molecular weight is 189 g/mol. The molecule has 2 aliphatic rings. The van der Waals surface area contributed by atoms with Crippen molar-refractivity contribution < 1.29 is 4.79 Å². The third kappa shape index (κ3) is 1.65. The molecule has 1 heterocycles. The molecule has 0 saturated heterocycles. The summed E-state index contributed by atoms with van der Waals surface area (Å²) < 4.78 is 0. The number of rotatable bonds is 2. The number of carbonyl (C=O) groups is 1. The highest BCUT2D eigenvalue weighted by Gasteiger charge is 2.18. The summed E-state index contributed by atoms with van der Waals surface area (Å²) in [4.78, 5) is 12.9.